The molecule has 4 atom stereocenters. The van der Waals surface area contributed by atoms with Crippen molar-refractivity contribution in [3.05, 3.63) is 70.9 Å². The van der Waals surface area contributed by atoms with Gasteiger partial charge in [-0.1, -0.05) is 6.92 Å². The van der Waals surface area contributed by atoms with Crippen LogP contribution in [-0.2, 0) is 10.3 Å². The van der Waals surface area contributed by atoms with E-state index < -0.39 is 51.9 Å². The number of hydrogen-bond donors (Lipinski definition) is 3. The van der Waals surface area contributed by atoms with Gasteiger partial charge in [0.05, 0.1) is 29.7 Å². The molecular formula is C33H37F3N4O5. The van der Waals surface area contributed by atoms with Gasteiger partial charge in [0.2, 0.25) is 0 Å². The Hall–Kier alpha value is -4.19. The number of anilines is 1. The van der Waals surface area contributed by atoms with Gasteiger partial charge in [0.1, 0.15) is 28.6 Å². The number of aromatic nitrogens is 2. The first-order valence-corrected chi connectivity index (χ1v) is 14.9. The monoisotopic (exact) mass is 626 g/mol. The molecule has 1 fully saturated rings. The summed E-state index contributed by atoms with van der Waals surface area (Å²) in [5, 5.41) is 16.3. The second-order valence-electron chi connectivity index (χ2n) is 13.1. The molecule has 3 heterocycles. The van der Waals surface area contributed by atoms with E-state index in [1.165, 1.54) is 13.1 Å². The lowest BCUT2D eigenvalue weighted by Crippen LogP contribution is -2.42. The molecule has 1 aliphatic heterocycles. The molecule has 12 heteroatoms. The zero-order chi connectivity index (χ0) is 32.7. The fourth-order valence-electron chi connectivity index (χ4n) is 6.09. The van der Waals surface area contributed by atoms with E-state index in [9.17, 15) is 19.1 Å². The molecule has 0 saturated heterocycles. The minimum absolute atomic E-state index is 0.0224. The van der Waals surface area contributed by atoms with Crippen LogP contribution in [0.1, 0.15) is 87.8 Å². The zero-order valence-corrected chi connectivity index (χ0v) is 25.8. The molecule has 0 spiro atoms. The molecule has 1 aromatic carbocycles. The predicted molar refractivity (Wildman–Crippen MR) is 160 cm³/mol. The maximum absolute atomic E-state index is 15.6. The summed E-state index contributed by atoms with van der Waals surface area (Å²) in [6.07, 6.45) is 4.88. The molecule has 5 rings (SSSR count). The Bertz CT molecular complexity index is 1620. The van der Waals surface area contributed by atoms with E-state index in [4.69, 9.17) is 9.47 Å². The van der Waals surface area contributed by atoms with Crippen LogP contribution in [0.3, 0.4) is 0 Å². The van der Waals surface area contributed by atoms with Crippen LogP contribution < -0.4 is 15.4 Å². The molecule has 1 saturated carbocycles. The Kier molecular flexibility index (Phi) is 8.81. The quantitative estimate of drug-likeness (QED) is 0.292. The number of rotatable bonds is 5. The average molecular weight is 627 g/mol. The topological polar surface area (TPSA) is 123 Å². The van der Waals surface area contributed by atoms with Crippen molar-refractivity contribution >= 4 is 17.7 Å². The predicted octanol–water partition coefficient (Wildman–Crippen LogP) is 6.60. The number of nitrogens with one attached hydrogen (secondary N) is 2. The number of amides is 2. The van der Waals surface area contributed by atoms with Gasteiger partial charge in [0.15, 0.2) is 11.6 Å². The summed E-state index contributed by atoms with van der Waals surface area (Å²) < 4.78 is 56.6. The van der Waals surface area contributed by atoms with Crippen molar-refractivity contribution in [1.82, 2.24) is 15.3 Å². The zero-order valence-electron chi connectivity index (χ0n) is 25.8. The van der Waals surface area contributed by atoms with E-state index in [2.05, 4.69) is 27.5 Å². The van der Waals surface area contributed by atoms with Crippen LogP contribution in [0.25, 0.3) is 11.3 Å². The summed E-state index contributed by atoms with van der Waals surface area (Å²) in [6.45, 7) is 8.86. The summed E-state index contributed by atoms with van der Waals surface area (Å²) in [6, 6.07) is 4.56. The number of fused-ring (bicyclic) bond motifs is 1. The first-order valence-electron chi connectivity index (χ1n) is 14.9. The maximum atomic E-state index is 15.6. The van der Waals surface area contributed by atoms with Crippen LogP contribution in [0.5, 0.6) is 5.75 Å². The van der Waals surface area contributed by atoms with Gasteiger partial charge in [0.25, 0.3) is 5.91 Å². The maximum Gasteiger partial charge on any atom is 0.407 e. The van der Waals surface area contributed by atoms with Gasteiger partial charge in [-0.2, -0.15) is 0 Å². The molecule has 2 amide bonds. The Labute approximate surface area is 259 Å². The van der Waals surface area contributed by atoms with E-state index in [0.29, 0.717) is 12.1 Å². The van der Waals surface area contributed by atoms with Crippen molar-refractivity contribution in [3.63, 3.8) is 0 Å². The van der Waals surface area contributed by atoms with Crippen LogP contribution in [0.4, 0.5) is 23.7 Å². The van der Waals surface area contributed by atoms with E-state index >= 15 is 8.78 Å². The Morgan fingerprint density at radius 1 is 1.11 bits per heavy atom. The minimum Gasteiger partial charge on any atom is -0.490 e. The highest BCUT2D eigenvalue weighted by Gasteiger charge is 2.37. The van der Waals surface area contributed by atoms with E-state index in [0.717, 1.165) is 36.6 Å². The van der Waals surface area contributed by atoms with Gasteiger partial charge in [-0.15, -0.1) is 0 Å². The third-order valence-electron chi connectivity index (χ3n) is 8.11. The van der Waals surface area contributed by atoms with Crippen LogP contribution >= 0.6 is 0 Å². The summed E-state index contributed by atoms with van der Waals surface area (Å²) in [5.74, 6) is -4.33. The molecule has 2 aromatic heterocycles. The van der Waals surface area contributed by atoms with Gasteiger partial charge in [-0.3, -0.25) is 9.78 Å². The fraction of sp³-hybridized carbons (Fsp3) is 0.455. The minimum atomic E-state index is -1.54. The van der Waals surface area contributed by atoms with E-state index in [1.54, 1.807) is 33.0 Å². The Morgan fingerprint density at radius 3 is 2.60 bits per heavy atom. The molecule has 3 N–H and O–H groups in total. The first-order chi connectivity index (χ1) is 21.1. The SMILES string of the molecule is CC1CC(NC(=O)OC(C)(C)C)CC(c2ccncc2NC(=O)c2ccc(F)c(-c3c(F)cc4c(c3F)OCCC4(C)O)n2)C1. The highest BCUT2D eigenvalue weighted by molar-refractivity contribution is 6.03. The second kappa shape index (κ2) is 12.3. The highest BCUT2D eigenvalue weighted by Crippen LogP contribution is 2.43. The lowest BCUT2D eigenvalue weighted by molar-refractivity contribution is 0.0126. The van der Waals surface area contributed by atoms with Crippen molar-refractivity contribution in [1.29, 1.82) is 0 Å². The van der Waals surface area contributed by atoms with Crippen molar-refractivity contribution in [2.24, 2.45) is 5.92 Å². The van der Waals surface area contributed by atoms with E-state index in [1.807, 2.05) is 0 Å². The number of carbonyl (C=O) groups is 2. The van der Waals surface area contributed by atoms with Crippen molar-refractivity contribution in [2.45, 2.75) is 83.5 Å². The molecule has 0 radical (unpaired) electrons. The van der Waals surface area contributed by atoms with Crippen molar-refractivity contribution in [2.75, 3.05) is 11.9 Å². The van der Waals surface area contributed by atoms with Gasteiger partial charge in [-0.05, 0) is 88.6 Å². The summed E-state index contributed by atoms with van der Waals surface area (Å²) in [5.41, 5.74) is -2.87. The molecule has 1 aliphatic carbocycles. The largest absolute Gasteiger partial charge is 0.490 e. The number of alkyl carbamates (subject to hydrolysis) is 1. The molecule has 240 valence electrons. The van der Waals surface area contributed by atoms with Crippen LogP contribution in [0, 0.1) is 23.4 Å². The Balaban J connectivity index is 1.40. The number of hydrogen-bond acceptors (Lipinski definition) is 7. The lowest BCUT2D eigenvalue weighted by atomic mass is 9.76. The summed E-state index contributed by atoms with van der Waals surface area (Å²) in [4.78, 5) is 34.0. The average Bonchev–Trinajstić information content (AvgIpc) is 2.93. The van der Waals surface area contributed by atoms with Crippen LogP contribution in [0.15, 0.2) is 36.7 Å². The number of benzene rings is 1. The third kappa shape index (κ3) is 7.06. The normalized spacial score (nSPS) is 23.0. The van der Waals surface area contributed by atoms with Gasteiger partial charge in [0, 0.05) is 24.2 Å². The first kappa shape index (κ1) is 32.2. The van der Waals surface area contributed by atoms with Crippen molar-refractivity contribution < 1.29 is 37.3 Å². The number of ether oxygens (including phenoxy) is 2. The summed E-state index contributed by atoms with van der Waals surface area (Å²) >= 11 is 0. The van der Waals surface area contributed by atoms with Gasteiger partial charge < -0.3 is 25.2 Å². The Morgan fingerprint density at radius 2 is 1.87 bits per heavy atom. The third-order valence-corrected chi connectivity index (χ3v) is 8.11. The van der Waals surface area contributed by atoms with Gasteiger partial charge >= 0.3 is 6.09 Å². The number of aliphatic hydroxyl groups is 1. The number of halogens is 3. The fourth-order valence-corrected chi connectivity index (χ4v) is 6.09. The van der Waals surface area contributed by atoms with Gasteiger partial charge in [-0.25, -0.2) is 22.9 Å². The molecule has 45 heavy (non-hydrogen) atoms. The molecular weight excluding hydrogens is 589 g/mol. The molecule has 2 aliphatic rings. The molecule has 3 aromatic rings. The molecule has 4 unspecified atom stereocenters. The standard InChI is InChI=1S/C33H37F3N4O5/c1-17-12-18(14-19(13-17)38-31(42)45-32(2,3)4)20-8-10-37-16-25(20)40-30(41)24-7-6-22(34)28(39-24)26-23(35)15-21-29(27(26)36)44-11-9-33(21,5)43/h6-8,10,15-19,43H,9,11-14H2,1-5H3,(H,38,42)(H,40,41). The highest BCUT2D eigenvalue weighted by atomic mass is 19.1. The number of nitrogens with zero attached hydrogens (tertiary/aromatic N) is 2. The van der Waals surface area contributed by atoms with Crippen LogP contribution in [0.2, 0.25) is 0 Å². The summed E-state index contributed by atoms with van der Waals surface area (Å²) in [7, 11) is 0. The smallest absolute Gasteiger partial charge is 0.407 e. The number of carbonyl (C=O) groups excluding carboxylic acids is 2. The molecule has 9 nitrogen and oxygen atoms in total. The van der Waals surface area contributed by atoms with Crippen LogP contribution in [-0.4, -0.2) is 45.3 Å². The second-order valence-corrected chi connectivity index (χ2v) is 13.1. The number of pyridine rings is 2. The molecule has 0 bridgehead atoms. The van der Waals surface area contributed by atoms with E-state index in [-0.39, 0.29) is 47.9 Å². The van der Waals surface area contributed by atoms with Crippen molar-refractivity contribution in [3.8, 4) is 17.0 Å². The lowest BCUT2D eigenvalue weighted by Gasteiger charge is -2.35.